The number of aromatic nitrogens is 3. The van der Waals surface area contributed by atoms with Gasteiger partial charge in [-0.15, -0.1) is 0 Å². The fourth-order valence-corrected chi connectivity index (χ4v) is 1.63. The van der Waals surface area contributed by atoms with Crippen molar-refractivity contribution in [3.05, 3.63) is 12.2 Å². The standard InChI is InChI=1S/C10H19BrN4/c1-5-15-9(12-8-13-15)6-14(4)10(2,3)7-11/h8H,5-7H2,1-4H3. The second-order valence-electron chi connectivity index (χ2n) is 4.29. The van der Waals surface area contributed by atoms with E-state index in [0.29, 0.717) is 0 Å². The molecular formula is C10H19BrN4. The number of rotatable bonds is 5. The van der Waals surface area contributed by atoms with E-state index in [-0.39, 0.29) is 5.54 Å². The molecule has 1 heterocycles. The summed E-state index contributed by atoms with van der Waals surface area (Å²) in [5, 5.41) is 5.10. The van der Waals surface area contributed by atoms with Gasteiger partial charge >= 0.3 is 0 Å². The molecule has 1 rings (SSSR count). The van der Waals surface area contributed by atoms with Crippen LogP contribution >= 0.6 is 15.9 Å². The Morgan fingerprint density at radius 3 is 2.73 bits per heavy atom. The highest BCUT2D eigenvalue weighted by Gasteiger charge is 2.23. The van der Waals surface area contributed by atoms with Crippen molar-refractivity contribution in [2.24, 2.45) is 0 Å². The quantitative estimate of drug-likeness (QED) is 0.770. The SMILES string of the molecule is CCn1ncnc1CN(C)C(C)(C)CBr. The molecule has 86 valence electrons. The van der Waals surface area contributed by atoms with Gasteiger partial charge in [0.25, 0.3) is 0 Å². The lowest BCUT2D eigenvalue weighted by Gasteiger charge is -2.33. The lowest BCUT2D eigenvalue weighted by Crippen LogP contribution is -2.42. The maximum Gasteiger partial charge on any atom is 0.141 e. The van der Waals surface area contributed by atoms with Gasteiger partial charge in [-0.1, -0.05) is 15.9 Å². The predicted octanol–water partition coefficient (Wildman–Crippen LogP) is 1.90. The second kappa shape index (κ2) is 5.07. The average molecular weight is 275 g/mol. The number of halogens is 1. The molecule has 0 N–H and O–H groups in total. The lowest BCUT2D eigenvalue weighted by atomic mass is 10.1. The molecule has 0 aromatic carbocycles. The highest BCUT2D eigenvalue weighted by Crippen LogP contribution is 2.17. The molecule has 15 heavy (non-hydrogen) atoms. The Bertz CT molecular complexity index is 308. The molecule has 0 bridgehead atoms. The van der Waals surface area contributed by atoms with Gasteiger partial charge in [-0.25, -0.2) is 9.67 Å². The zero-order chi connectivity index (χ0) is 11.5. The fraction of sp³-hybridized carbons (Fsp3) is 0.800. The molecular weight excluding hydrogens is 256 g/mol. The van der Waals surface area contributed by atoms with Crippen LogP contribution in [0.2, 0.25) is 0 Å². The van der Waals surface area contributed by atoms with Crippen LogP contribution in [-0.2, 0) is 13.1 Å². The fourth-order valence-electron chi connectivity index (χ4n) is 1.20. The Hall–Kier alpha value is -0.420. The van der Waals surface area contributed by atoms with Gasteiger partial charge in [-0.2, -0.15) is 5.10 Å². The second-order valence-corrected chi connectivity index (χ2v) is 4.85. The summed E-state index contributed by atoms with van der Waals surface area (Å²) >= 11 is 3.53. The molecule has 0 radical (unpaired) electrons. The van der Waals surface area contributed by atoms with Crippen LogP contribution in [0.15, 0.2) is 6.33 Å². The highest BCUT2D eigenvalue weighted by molar-refractivity contribution is 9.09. The largest absolute Gasteiger partial charge is 0.293 e. The van der Waals surface area contributed by atoms with Crippen molar-refractivity contribution in [2.75, 3.05) is 12.4 Å². The summed E-state index contributed by atoms with van der Waals surface area (Å²) in [7, 11) is 2.11. The maximum atomic E-state index is 4.27. The Labute approximate surface area is 99.8 Å². The zero-order valence-corrected chi connectivity index (χ0v) is 11.5. The van der Waals surface area contributed by atoms with E-state index in [1.807, 2.05) is 4.68 Å². The number of aryl methyl sites for hydroxylation is 1. The molecule has 0 atom stereocenters. The number of nitrogens with zero attached hydrogens (tertiary/aromatic N) is 4. The third kappa shape index (κ3) is 3.01. The van der Waals surface area contributed by atoms with Gasteiger partial charge in [-0.3, -0.25) is 4.90 Å². The summed E-state index contributed by atoms with van der Waals surface area (Å²) in [5.41, 5.74) is 0.129. The summed E-state index contributed by atoms with van der Waals surface area (Å²) in [6.45, 7) is 8.18. The minimum atomic E-state index is 0.129. The predicted molar refractivity (Wildman–Crippen MR) is 65.0 cm³/mol. The van der Waals surface area contributed by atoms with Crippen LogP contribution in [0.25, 0.3) is 0 Å². The summed E-state index contributed by atoms with van der Waals surface area (Å²) in [5.74, 6) is 1.02. The van der Waals surface area contributed by atoms with Gasteiger partial charge in [0, 0.05) is 17.4 Å². The summed E-state index contributed by atoms with van der Waals surface area (Å²) < 4.78 is 1.93. The lowest BCUT2D eigenvalue weighted by molar-refractivity contribution is 0.166. The topological polar surface area (TPSA) is 34.0 Å². The average Bonchev–Trinajstić information content (AvgIpc) is 2.65. The Balaban J connectivity index is 2.70. The van der Waals surface area contributed by atoms with E-state index in [2.05, 4.69) is 58.7 Å². The smallest absolute Gasteiger partial charge is 0.141 e. The van der Waals surface area contributed by atoms with E-state index in [4.69, 9.17) is 0 Å². The Kier molecular flexibility index (Phi) is 4.28. The molecule has 0 saturated carbocycles. The highest BCUT2D eigenvalue weighted by atomic mass is 79.9. The summed E-state index contributed by atoms with van der Waals surface area (Å²) in [6, 6.07) is 0. The number of alkyl halides is 1. The molecule has 4 nitrogen and oxygen atoms in total. The van der Waals surface area contributed by atoms with Crippen molar-refractivity contribution in [3.8, 4) is 0 Å². The first-order valence-electron chi connectivity index (χ1n) is 5.15. The molecule has 1 aromatic heterocycles. The summed E-state index contributed by atoms with van der Waals surface area (Å²) in [4.78, 5) is 6.55. The molecule has 0 aliphatic heterocycles. The van der Waals surface area contributed by atoms with Crippen molar-refractivity contribution in [3.63, 3.8) is 0 Å². The zero-order valence-electron chi connectivity index (χ0n) is 9.87. The van der Waals surface area contributed by atoms with Crippen LogP contribution in [0, 0.1) is 0 Å². The molecule has 0 fully saturated rings. The van der Waals surface area contributed by atoms with E-state index < -0.39 is 0 Å². The maximum absolute atomic E-state index is 4.27. The van der Waals surface area contributed by atoms with Crippen molar-refractivity contribution in [2.45, 2.75) is 39.4 Å². The van der Waals surface area contributed by atoms with Crippen molar-refractivity contribution < 1.29 is 0 Å². The van der Waals surface area contributed by atoms with Crippen molar-refractivity contribution in [1.29, 1.82) is 0 Å². The van der Waals surface area contributed by atoms with E-state index >= 15 is 0 Å². The molecule has 0 saturated heterocycles. The van der Waals surface area contributed by atoms with Gasteiger partial charge in [0.15, 0.2) is 0 Å². The first-order valence-corrected chi connectivity index (χ1v) is 6.27. The van der Waals surface area contributed by atoms with Gasteiger partial charge in [0.05, 0.1) is 6.54 Å². The monoisotopic (exact) mass is 274 g/mol. The Morgan fingerprint density at radius 2 is 2.20 bits per heavy atom. The molecule has 1 aromatic rings. The van der Waals surface area contributed by atoms with E-state index in [1.165, 1.54) is 0 Å². The molecule has 5 heteroatoms. The normalized spacial score (nSPS) is 12.4. The minimum absolute atomic E-state index is 0.129. The summed E-state index contributed by atoms with van der Waals surface area (Å²) in [6.07, 6.45) is 1.62. The van der Waals surface area contributed by atoms with Crippen LogP contribution < -0.4 is 0 Å². The van der Waals surface area contributed by atoms with Crippen molar-refractivity contribution in [1.82, 2.24) is 19.7 Å². The van der Waals surface area contributed by atoms with Crippen LogP contribution in [0.1, 0.15) is 26.6 Å². The third-order valence-electron chi connectivity index (χ3n) is 2.73. The minimum Gasteiger partial charge on any atom is -0.293 e. The van der Waals surface area contributed by atoms with E-state index in [0.717, 1.165) is 24.2 Å². The van der Waals surface area contributed by atoms with Gasteiger partial charge < -0.3 is 0 Å². The van der Waals surface area contributed by atoms with Crippen molar-refractivity contribution >= 4 is 15.9 Å². The molecule has 0 spiro atoms. The Morgan fingerprint density at radius 1 is 1.53 bits per heavy atom. The third-order valence-corrected chi connectivity index (χ3v) is 4.11. The number of hydrogen-bond acceptors (Lipinski definition) is 3. The number of hydrogen-bond donors (Lipinski definition) is 0. The molecule has 0 aliphatic rings. The molecule has 0 aliphatic carbocycles. The van der Waals surface area contributed by atoms with Gasteiger partial charge in [0.1, 0.15) is 12.2 Å². The van der Waals surface area contributed by atoms with E-state index in [9.17, 15) is 0 Å². The van der Waals surface area contributed by atoms with Crippen LogP contribution in [-0.4, -0.2) is 37.6 Å². The van der Waals surface area contributed by atoms with Gasteiger partial charge in [0.2, 0.25) is 0 Å². The van der Waals surface area contributed by atoms with Crippen LogP contribution in [0.4, 0.5) is 0 Å². The van der Waals surface area contributed by atoms with Crippen LogP contribution in [0.3, 0.4) is 0 Å². The first-order chi connectivity index (χ1) is 7.01. The molecule has 0 amide bonds. The van der Waals surface area contributed by atoms with Crippen LogP contribution in [0.5, 0.6) is 0 Å². The van der Waals surface area contributed by atoms with Gasteiger partial charge in [-0.05, 0) is 27.8 Å². The van der Waals surface area contributed by atoms with E-state index in [1.54, 1.807) is 6.33 Å². The first kappa shape index (κ1) is 12.6. The molecule has 0 unspecified atom stereocenters.